The van der Waals surface area contributed by atoms with E-state index in [4.69, 9.17) is 5.73 Å². The lowest BCUT2D eigenvalue weighted by atomic mass is 10.1. The molecule has 1 rings (SSSR count). The highest BCUT2D eigenvalue weighted by atomic mass is 79.9. The van der Waals surface area contributed by atoms with Crippen molar-refractivity contribution in [3.63, 3.8) is 0 Å². The molecule has 0 spiro atoms. The SMILES string of the molecule is CC(=O)c1cc(Br)cc(C)c1N. The van der Waals surface area contributed by atoms with E-state index >= 15 is 0 Å². The maximum atomic E-state index is 11.1. The highest BCUT2D eigenvalue weighted by molar-refractivity contribution is 9.10. The molecule has 0 aliphatic heterocycles. The number of carbonyl (C=O) groups excluding carboxylic acids is 1. The average Bonchev–Trinajstić information content (AvgIpc) is 1.96. The number of benzene rings is 1. The minimum Gasteiger partial charge on any atom is -0.398 e. The van der Waals surface area contributed by atoms with Crippen LogP contribution in [0.2, 0.25) is 0 Å². The van der Waals surface area contributed by atoms with Crippen molar-refractivity contribution in [1.29, 1.82) is 0 Å². The second-order valence-corrected chi connectivity index (χ2v) is 3.66. The van der Waals surface area contributed by atoms with E-state index in [0.29, 0.717) is 11.3 Å². The van der Waals surface area contributed by atoms with Gasteiger partial charge in [-0.1, -0.05) is 15.9 Å². The van der Waals surface area contributed by atoms with Gasteiger partial charge in [-0.05, 0) is 31.5 Å². The van der Waals surface area contributed by atoms with Crippen LogP contribution in [0.5, 0.6) is 0 Å². The molecule has 0 aliphatic rings. The second-order valence-electron chi connectivity index (χ2n) is 2.74. The maximum Gasteiger partial charge on any atom is 0.161 e. The lowest BCUT2D eigenvalue weighted by Gasteiger charge is -2.05. The van der Waals surface area contributed by atoms with E-state index in [9.17, 15) is 4.79 Å². The molecule has 0 atom stereocenters. The summed E-state index contributed by atoms with van der Waals surface area (Å²) < 4.78 is 0.888. The molecule has 2 N–H and O–H groups in total. The number of ketones is 1. The van der Waals surface area contributed by atoms with Gasteiger partial charge >= 0.3 is 0 Å². The number of carbonyl (C=O) groups is 1. The van der Waals surface area contributed by atoms with E-state index in [1.54, 1.807) is 6.07 Å². The number of hydrogen-bond donors (Lipinski definition) is 1. The monoisotopic (exact) mass is 227 g/mol. The summed E-state index contributed by atoms with van der Waals surface area (Å²) in [5, 5.41) is 0. The Bertz CT molecular complexity index is 334. The molecule has 64 valence electrons. The van der Waals surface area contributed by atoms with Crippen molar-refractivity contribution >= 4 is 27.4 Å². The van der Waals surface area contributed by atoms with Crippen LogP contribution in [0, 0.1) is 6.92 Å². The topological polar surface area (TPSA) is 43.1 Å². The van der Waals surface area contributed by atoms with Crippen LogP contribution in [0.3, 0.4) is 0 Å². The molecule has 2 nitrogen and oxygen atoms in total. The zero-order valence-corrected chi connectivity index (χ0v) is 8.60. The normalized spacial score (nSPS) is 9.92. The molecule has 3 heteroatoms. The van der Waals surface area contributed by atoms with Crippen molar-refractivity contribution in [3.8, 4) is 0 Å². The van der Waals surface area contributed by atoms with Crippen LogP contribution in [-0.4, -0.2) is 5.78 Å². The molecule has 1 aromatic rings. The van der Waals surface area contributed by atoms with Gasteiger partial charge < -0.3 is 5.73 Å². The van der Waals surface area contributed by atoms with Crippen LogP contribution >= 0.6 is 15.9 Å². The van der Waals surface area contributed by atoms with E-state index in [-0.39, 0.29) is 5.78 Å². The number of halogens is 1. The van der Waals surface area contributed by atoms with Crippen molar-refractivity contribution in [3.05, 3.63) is 27.7 Å². The van der Waals surface area contributed by atoms with Gasteiger partial charge in [0.1, 0.15) is 0 Å². The zero-order valence-electron chi connectivity index (χ0n) is 7.02. The third-order valence-electron chi connectivity index (χ3n) is 1.73. The summed E-state index contributed by atoms with van der Waals surface area (Å²) >= 11 is 3.31. The van der Waals surface area contributed by atoms with Crippen LogP contribution < -0.4 is 5.73 Å². The van der Waals surface area contributed by atoms with Crippen LogP contribution in [0.25, 0.3) is 0 Å². The Balaban J connectivity index is 3.37. The summed E-state index contributed by atoms with van der Waals surface area (Å²) in [4.78, 5) is 11.1. The van der Waals surface area contributed by atoms with Crippen LogP contribution in [0.15, 0.2) is 16.6 Å². The fourth-order valence-corrected chi connectivity index (χ4v) is 1.62. The lowest BCUT2D eigenvalue weighted by molar-refractivity contribution is 0.101. The third kappa shape index (κ3) is 1.67. The predicted molar refractivity (Wildman–Crippen MR) is 53.3 cm³/mol. The van der Waals surface area contributed by atoms with Crippen molar-refractivity contribution in [2.24, 2.45) is 0 Å². The van der Waals surface area contributed by atoms with Gasteiger partial charge in [0.25, 0.3) is 0 Å². The highest BCUT2D eigenvalue weighted by Crippen LogP contribution is 2.23. The first-order valence-electron chi connectivity index (χ1n) is 3.59. The molecule has 0 saturated carbocycles. The fraction of sp³-hybridized carbons (Fsp3) is 0.222. The van der Waals surface area contributed by atoms with Crippen molar-refractivity contribution < 1.29 is 4.79 Å². The Morgan fingerprint density at radius 1 is 1.50 bits per heavy atom. The van der Waals surface area contributed by atoms with Gasteiger partial charge in [0, 0.05) is 15.7 Å². The molecule has 0 aromatic heterocycles. The van der Waals surface area contributed by atoms with Gasteiger partial charge in [-0.3, -0.25) is 4.79 Å². The Labute approximate surface area is 79.9 Å². The molecule has 0 heterocycles. The molecule has 0 radical (unpaired) electrons. The summed E-state index contributed by atoms with van der Waals surface area (Å²) in [6.07, 6.45) is 0. The van der Waals surface area contributed by atoms with Crippen molar-refractivity contribution in [2.45, 2.75) is 13.8 Å². The molecule has 0 unspecified atom stereocenters. The maximum absolute atomic E-state index is 11.1. The standard InChI is InChI=1S/C9H10BrNO/c1-5-3-7(10)4-8(6(2)12)9(5)11/h3-4H,11H2,1-2H3. The lowest BCUT2D eigenvalue weighted by Crippen LogP contribution is -2.01. The second kappa shape index (κ2) is 3.27. The molecule has 12 heavy (non-hydrogen) atoms. The molecule has 1 aromatic carbocycles. The molecule has 0 fully saturated rings. The number of hydrogen-bond acceptors (Lipinski definition) is 2. The first kappa shape index (κ1) is 9.26. The van der Waals surface area contributed by atoms with Crippen molar-refractivity contribution in [2.75, 3.05) is 5.73 Å². The number of Topliss-reactive ketones (excluding diaryl/α,β-unsaturated/α-hetero) is 1. The Morgan fingerprint density at radius 2 is 2.08 bits per heavy atom. The van der Waals surface area contributed by atoms with Gasteiger partial charge in [0.05, 0.1) is 0 Å². The Kier molecular flexibility index (Phi) is 2.52. The third-order valence-corrected chi connectivity index (χ3v) is 2.19. The smallest absolute Gasteiger partial charge is 0.161 e. The fourth-order valence-electron chi connectivity index (χ4n) is 1.05. The zero-order chi connectivity index (χ0) is 9.30. The summed E-state index contributed by atoms with van der Waals surface area (Å²) in [7, 11) is 0. The van der Waals surface area contributed by atoms with E-state index in [2.05, 4.69) is 15.9 Å². The van der Waals surface area contributed by atoms with Crippen LogP contribution in [0.4, 0.5) is 5.69 Å². The van der Waals surface area contributed by atoms with Crippen LogP contribution in [-0.2, 0) is 0 Å². The van der Waals surface area contributed by atoms with Gasteiger partial charge in [-0.25, -0.2) is 0 Å². The Hall–Kier alpha value is -0.830. The molecule has 0 bridgehead atoms. The van der Waals surface area contributed by atoms with E-state index in [0.717, 1.165) is 10.0 Å². The molecule has 0 amide bonds. The molecular weight excluding hydrogens is 218 g/mol. The van der Waals surface area contributed by atoms with Gasteiger partial charge in [-0.2, -0.15) is 0 Å². The van der Waals surface area contributed by atoms with Gasteiger partial charge in [0.15, 0.2) is 5.78 Å². The quantitative estimate of drug-likeness (QED) is 0.592. The summed E-state index contributed by atoms with van der Waals surface area (Å²) in [6.45, 7) is 3.39. The molecule has 0 saturated heterocycles. The van der Waals surface area contributed by atoms with E-state index in [1.165, 1.54) is 6.92 Å². The van der Waals surface area contributed by atoms with E-state index in [1.807, 2.05) is 13.0 Å². The van der Waals surface area contributed by atoms with Gasteiger partial charge in [0.2, 0.25) is 0 Å². The first-order chi connectivity index (χ1) is 5.52. The summed E-state index contributed by atoms with van der Waals surface area (Å²) in [5.41, 5.74) is 7.80. The molecule has 0 aliphatic carbocycles. The number of anilines is 1. The minimum atomic E-state index is -0.00287. The number of rotatable bonds is 1. The number of nitrogens with two attached hydrogens (primary N) is 1. The molecular formula is C9H10BrNO. The van der Waals surface area contributed by atoms with Crippen LogP contribution in [0.1, 0.15) is 22.8 Å². The largest absolute Gasteiger partial charge is 0.398 e. The minimum absolute atomic E-state index is 0.00287. The van der Waals surface area contributed by atoms with Crippen molar-refractivity contribution in [1.82, 2.24) is 0 Å². The number of aryl methyl sites for hydroxylation is 1. The number of nitrogen functional groups attached to an aromatic ring is 1. The highest BCUT2D eigenvalue weighted by Gasteiger charge is 2.07. The first-order valence-corrected chi connectivity index (χ1v) is 4.38. The van der Waals surface area contributed by atoms with E-state index < -0.39 is 0 Å². The van der Waals surface area contributed by atoms with Gasteiger partial charge in [-0.15, -0.1) is 0 Å². The Morgan fingerprint density at radius 3 is 2.58 bits per heavy atom. The summed E-state index contributed by atoms with van der Waals surface area (Å²) in [5.74, 6) is -0.00287. The predicted octanol–water partition coefficient (Wildman–Crippen LogP) is 2.54. The summed E-state index contributed by atoms with van der Waals surface area (Å²) in [6, 6.07) is 3.63. The average molecular weight is 228 g/mol.